The number of ketones is 1. The van der Waals surface area contributed by atoms with Gasteiger partial charge in [-0.3, -0.25) is 4.79 Å². The molecular formula is C15H9BrCl2O2. The second-order valence-corrected chi connectivity index (χ2v) is 6.24. The molecule has 0 saturated carbocycles. The van der Waals surface area contributed by atoms with E-state index in [-0.39, 0.29) is 12.2 Å². The average Bonchev–Trinajstić information content (AvgIpc) is 2.38. The van der Waals surface area contributed by atoms with Crippen molar-refractivity contribution < 1.29 is 9.53 Å². The molecule has 0 radical (unpaired) electrons. The first-order valence-electron chi connectivity index (χ1n) is 5.99. The SMILES string of the molecule is O=C1CC(c2c(Cl)cccc2Cl)Oc2cc(Br)ccc21. The Balaban J connectivity index is 2.05. The molecule has 0 bridgehead atoms. The molecule has 1 aliphatic rings. The van der Waals surface area contributed by atoms with Gasteiger partial charge in [-0.2, -0.15) is 0 Å². The zero-order valence-corrected chi connectivity index (χ0v) is 13.3. The van der Waals surface area contributed by atoms with Crippen LogP contribution in [0, 0.1) is 0 Å². The highest BCUT2D eigenvalue weighted by atomic mass is 79.9. The summed E-state index contributed by atoms with van der Waals surface area (Å²) in [4.78, 5) is 12.2. The van der Waals surface area contributed by atoms with Gasteiger partial charge in [0.1, 0.15) is 11.9 Å². The fraction of sp³-hybridized carbons (Fsp3) is 0.133. The minimum absolute atomic E-state index is 0.0275. The third-order valence-corrected chi connectivity index (χ3v) is 4.36. The number of carbonyl (C=O) groups excluding carboxylic acids is 1. The topological polar surface area (TPSA) is 26.3 Å². The number of hydrogen-bond donors (Lipinski definition) is 0. The van der Waals surface area contributed by atoms with Crippen molar-refractivity contribution in [2.24, 2.45) is 0 Å². The Morgan fingerprint density at radius 2 is 1.85 bits per heavy atom. The van der Waals surface area contributed by atoms with Crippen molar-refractivity contribution in [2.45, 2.75) is 12.5 Å². The molecule has 0 saturated heterocycles. The van der Waals surface area contributed by atoms with E-state index in [1.54, 1.807) is 30.3 Å². The highest BCUT2D eigenvalue weighted by Gasteiger charge is 2.30. The second-order valence-electron chi connectivity index (χ2n) is 4.51. The first-order valence-corrected chi connectivity index (χ1v) is 7.54. The molecule has 3 rings (SSSR count). The van der Waals surface area contributed by atoms with Gasteiger partial charge in [-0.05, 0) is 30.3 Å². The van der Waals surface area contributed by atoms with Crippen LogP contribution in [0.1, 0.15) is 28.4 Å². The maximum absolute atomic E-state index is 12.2. The Labute approximate surface area is 134 Å². The lowest BCUT2D eigenvalue weighted by Gasteiger charge is -2.26. The van der Waals surface area contributed by atoms with E-state index in [2.05, 4.69) is 15.9 Å². The van der Waals surface area contributed by atoms with Crippen molar-refractivity contribution in [3.8, 4) is 5.75 Å². The summed E-state index contributed by atoms with van der Waals surface area (Å²) in [6.07, 6.45) is -0.219. The van der Waals surface area contributed by atoms with Gasteiger partial charge in [0.2, 0.25) is 0 Å². The van der Waals surface area contributed by atoms with E-state index in [1.807, 2.05) is 6.07 Å². The molecular weight excluding hydrogens is 363 g/mol. The Morgan fingerprint density at radius 1 is 1.15 bits per heavy atom. The van der Waals surface area contributed by atoms with Crippen LogP contribution in [-0.4, -0.2) is 5.78 Å². The van der Waals surface area contributed by atoms with E-state index in [9.17, 15) is 4.79 Å². The predicted octanol–water partition coefficient (Wildman–Crippen LogP) is 5.46. The minimum atomic E-state index is -0.453. The molecule has 1 heterocycles. The maximum Gasteiger partial charge on any atom is 0.170 e. The van der Waals surface area contributed by atoms with Crippen LogP contribution in [0.3, 0.4) is 0 Å². The van der Waals surface area contributed by atoms with Gasteiger partial charge in [-0.1, -0.05) is 45.2 Å². The standard InChI is InChI=1S/C15H9BrCl2O2/c16-8-4-5-9-12(19)7-14(20-13(9)6-8)15-10(17)2-1-3-11(15)18/h1-6,14H,7H2. The normalized spacial score (nSPS) is 17.6. The first kappa shape index (κ1) is 13.9. The highest BCUT2D eigenvalue weighted by molar-refractivity contribution is 9.10. The molecule has 0 aromatic heterocycles. The summed E-state index contributed by atoms with van der Waals surface area (Å²) in [5.74, 6) is 0.580. The zero-order chi connectivity index (χ0) is 14.3. The van der Waals surface area contributed by atoms with Crippen LogP contribution < -0.4 is 4.74 Å². The summed E-state index contributed by atoms with van der Waals surface area (Å²) in [5, 5.41) is 1.02. The van der Waals surface area contributed by atoms with Crippen LogP contribution in [0.2, 0.25) is 10.0 Å². The summed E-state index contributed by atoms with van der Waals surface area (Å²) in [7, 11) is 0. The van der Waals surface area contributed by atoms with Crippen molar-refractivity contribution in [3.05, 3.63) is 62.0 Å². The molecule has 0 fully saturated rings. The summed E-state index contributed by atoms with van der Waals surface area (Å²) in [5.41, 5.74) is 1.25. The largest absolute Gasteiger partial charge is 0.484 e. The van der Waals surface area contributed by atoms with Gasteiger partial charge in [0, 0.05) is 20.1 Å². The third kappa shape index (κ3) is 2.46. The van der Waals surface area contributed by atoms with Crippen molar-refractivity contribution in [3.63, 3.8) is 0 Å². The molecule has 2 aromatic rings. The van der Waals surface area contributed by atoms with Gasteiger partial charge in [0.25, 0.3) is 0 Å². The summed E-state index contributed by atoms with van der Waals surface area (Å²) < 4.78 is 6.77. The predicted molar refractivity (Wildman–Crippen MR) is 82.9 cm³/mol. The van der Waals surface area contributed by atoms with Crippen molar-refractivity contribution >= 4 is 44.9 Å². The van der Waals surface area contributed by atoms with Crippen LogP contribution in [0.5, 0.6) is 5.75 Å². The Morgan fingerprint density at radius 3 is 2.55 bits per heavy atom. The molecule has 20 heavy (non-hydrogen) atoms. The number of carbonyl (C=O) groups is 1. The third-order valence-electron chi connectivity index (χ3n) is 3.21. The lowest BCUT2D eigenvalue weighted by Crippen LogP contribution is -2.21. The molecule has 1 aliphatic heterocycles. The molecule has 0 N–H and O–H groups in total. The molecule has 5 heteroatoms. The van der Waals surface area contributed by atoms with E-state index >= 15 is 0 Å². The van der Waals surface area contributed by atoms with Gasteiger partial charge >= 0.3 is 0 Å². The van der Waals surface area contributed by atoms with Gasteiger partial charge in [-0.25, -0.2) is 0 Å². The minimum Gasteiger partial charge on any atom is -0.484 e. The number of fused-ring (bicyclic) bond motifs is 1. The van der Waals surface area contributed by atoms with Crippen molar-refractivity contribution in [1.82, 2.24) is 0 Å². The number of benzene rings is 2. The van der Waals surface area contributed by atoms with Gasteiger partial charge in [0.05, 0.1) is 12.0 Å². The van der Waals surface area contributed by atoms with Crippen LogP contribution in [0.15, 0.2) is 40.9 Å². The van der Waals surface area contributed by atoms with E-state index in [0.29, 0.717) is 26.9 Å². The zero-order valence-electron chi connectivity index (χ0n) is 10.2. The number of rotatable bonds is 1. The van der Waals surface area contributed by atoms with Crippen LogP contribution in [-0.2, 0) is 0 Å². The molecule has 1 unspecified atom stereocenters. The Bertz CT molecular complexity index is 680. The monoisotopic (exact) mass is 370 g/mol. The average molecular weight is 372 g/mol. The number of hydrogen-bond acceptors (Lipinski definition) is 2. The van der Waals surface area contributed by atoms with E-state index in [1.165, 1.54) is 0 Å². The summed E-state index contributed by atoms with van der Waals surface area (Å²) in [6, 6.07) is 10.6. The lowest BCUT2D eigenvalue weighted by atomic mass is 9.96. The van der Waals surface area contributed by atoms with Crippen LogP contribution in [0.25, 0.3) is 0 Å². The number of Topliss-reactive ketones (excluding diaryl/α,β-unsaturated/α-hetero) is 1. The lowest BCUT2D eigenvalue weighted by molar-refractivity contribution is 0.0850. The molecule has 2 aromatic carbocycles. The Kier molecular flexibility index (Phi) is 3.76. The van der Waals surface area contributed by atoms with Crippen molar-refractivity contribution in [2.75, 3.05) is 0 Å². The quantitative estimate of drug-likeness (QED) is 0.665. The highest BCUT2D eigenvalue weighted by Crippen LogP contribution is 2.40. The van der Waals surface area contributed by atoms with Gasteiger partial charge in [-0.15, -0.1) is 0 Å². The number of halogens is 3. The fourth-order valence-electron chi connectivity index (χ4n) is 2.28. The van der Waals surface area contributed by atoms with Crippen molar-refractivity contribution in [1.29, 1.82) is 0 Å². The summed E-state index contributed by atoms with van der Waals surface area (Å²) >= 11 is 15.7. The van der Waals surface area contributed by atoms with Gasteiger partial charge < -0.3 is 4.74 Å². The smallest absolute Gasteiger partial charge is 0.170 e. The Hall–Kier alpha value is -1.03. The molecule has 2 nitrogen and oxygen atoms in total. The van der Waals surface area contributed by atoms with E-state index in [4.69, 9.17) is 27.9 Å². The fourth-order valence-corrected chi connectivity index (χ4v) is 3.26. The molecule has 1 atom stereocenters. The summed E-state index contributed by atoms with van der Waals surface area (Å²) in [6.45, 7) is 0. The second kappa shape index (κ2) is 5.40. The van der Waals surface area contributed by atoms with Crippen LogP contribution in [0.4, 0.5) is 0 Å². The maximum atomic E-state index is 12.2. The molecule has 0 spiro atoms. The first-order chi connectivity index (χ1) is 9.56. The molecule has 102 valence electrons. The van der Waals surface area contributed by atoms with Gasteiger partial charge in [0.15, 0.2) is 5.78 Å². The van der Waals surface area contributed by atoms with E-state index < -0.39 is 6.10 Å². The van der Waals surface area contributed by atoms with Crippen LogP contribution >= 0.6 is 39.1 Å². The number of ether oxygens (including phenoxy) is 1. The molecule has 0 aliphatic carbocycles. The molecule has 0 amide bonds. The van der Waals surface area contributed by atoms with E-state index in [0.717, 1.165) is 4.47 Å².